The van der Waals surface area contributed by atoms with Crippen molar-refractivity contribution in [2.75, 3.05) is 0 Å². The second-order valence-electron chi connectivity index (χ2n) is 5.65. The lowest BCUT2D eigenvalue weighted by Crippen LogP contribution is -2.31. The predicted octanol–water partition coefficient (Wildman–Crippen LogP) is 2.99. The summed E-state index contributed by atoms with van der Waals surface area (Å²) in [5.41, 5.74) is 4.95. The highest BCUT2D eigenvalue weighted by molar-refractivity contribution is 6.05. The van der Waals surface area contributed by atoms with Crippen LogP contribution in [0.1, 0.15) is 9.68 Å². The molecule has 4 aromatic rings. The third kappa shape index (κ3) is 1.18. The highest BCUT2D eigenvalue weighted by atomic mass is 15.2. The Balaban J connectivity index is 2.02. The maximum absolute atomic E-state index is 8.02. The molecule has 0 atom stereocenters. The summed E-state index contributed by atoms with van der Waals surface area (Å²) >= 11 is 0. The standard InChI is InChI=1S/C18H16N3/c1-19-15-10-6-5-9-14(15)16-18(19)20(2)17-13-8-4-3-7-12(13)11-21(16)17/h3-10H,11H2,1-2H3/q+1/i1D3. The number of imidazole rings is 1. The van der Waals surface area contributed by atoms with Crippen molar-refractivity contribution in [1.29, 1.82) is 0 Å². The van der Waals surface area contributed by atoms with E-state index in [1.54, 1.807) is 0 Å². The molecule has 3 heterocycles. The average Bonchev–Trinajstić information content (AvgIpc) is 3.15. The first-order valence-corrected chi connectivity index (χ1v) is 7.09. The number of para-hydroxylation sites is 1. The number of aromatic nitrogens is 3. The molecule has 0 unspecified atom stereocenters. The molecule has 0 bridgehead atoms. The molecule has 0 spiro atoms. The Morgan fingerprint density at radius 1 is 1.10 bits per heavy atom. The summed E-state index contributed by atoms with van der Waals surface area (Å²) < 4.78 is 29.8. The van der Waals surface area contributed by atoms with Crippen LogP contribution in [0.2, 0.25) is 0 Å². The van der Waals surface area contributed by atoms with Crippen molar-refractivity contribution in [2.24, 2.45) is 14.0 Å². The Kier molecular flexibility index (Phi) is 1.47. The van der Waals surface area contributed by atoms with Crippen LogP contribution in [0.4, 0.5) is 0 Å². The summed E-state index contributed by atoms with van der Waals surface area (Å²) in [7, 11) is 1.96. The first kappa shape index (κ1) is 8.67. The number of benzene rings is 2. The van der Waals surface area contributed by atoms with Crippen molar-refractivity contribution in [1.82, 2.24) is 9.13 Å². The van der Waals surface area contributed by atoms with E-state index in [1.807, 2.05) is 48.0 Å². The van der Waals surface area contributed by atoms with Gasteiger partial charge >= 0.3 is 0 Å². The first-order chi connectivity index (χ1) is 11.5. The molecule has 3 heteroatoms. The van der Waals surface area contributed by atoms with Crippen LogP contribution >= 0.6 is 0 Å². The zero-order valence-corrected chi connectivity index (χ0v) is 11.7. The molecule has 0 radical (unpaired) electrons. The van der Waals surface area contributed by atoms with Gasteiger partial charge in [0.25, 0.3) is 5.65 Å². The van der Waals surface area contributed by atoms with E-state index in [4.69, 9.17) is 4.11 Å². The summed E-state index contributed by atoms with van der Waals surface area (Å²) in [5.74, 6) is 1.07. The molecule has 0 saturated carbocycles. The Morgan fingerprint density at radius 3 is 2.81 bits per heavy atom. The third-order valence-corrected chi connectivity index (χ3v) is 4.57. The van der Waals surface area contributed by atoms with Gasteiger partial charge in [0, 0.05) is 0 Å². The zero-order chi connectivity index (χ0) is 16.6. The third-order valence-electron chi connectivity index (χ3n) is 4.57. The molecule has 2 aromatic carbocycles. The van der Waals surface area contributed by atoms with E-state index in [1.165, 1.54) is 15.7 Å². The normalized spacial score (nSPS) is 15.8. The van der Waals surface area contributed by atoms with Crippen molar-refractivity contribution in [3.63, 3.8) is 0 Å². The van der Waals surface area contributed by atoms with E-state index in [-0.39, 0.29) is 0 Å². The van der Waals surface area contributed by atoms with Crippen molar-refractivity contribution < 1.29 is 8.68 Å². The van der Waals surface area contributed by atoms with Gasteiger partial charge in [0.05, 0.1) is 35.6 Å². The number of hydrogen-bond acceptors (Lipinski definition) is 0. The Hall–Kier alpha value is -2.55. The molecular weight excluding hydrogens is 258 g/mol. The minimum absolute atomic E-state index is 0.751. The van der Waals surface area contributed by atoms with Gasteiger partial charge in [-0.15, -0.1) is 0 Å². The van der Waals surface area contributed by atoms with Crippen LogP contribution in [0.3, 0.4) is 0 Å². The zero-order valence-electron chi connectivity index (χ0n) is 14.7. The second-order valence-corrected chi connectivity index (χ2v) is 5.65. The van der Waals surface area contributed by atoms with Crippen LogP contribution < -0.4 is 4.57 Å². The monoisotopic (exact) mass is 277 g/mol. The van der Waals surface area contributed by atoms with Gasteiger partial charge in [0.2, 0.25) is 5.82 Å². The minimum Gasteiger partial charge on any atom is -0.259 e. The van der Waals surface area contributed by atoms with Crippen LogP contribution in [-0.4, -0.2) is 9.13 Å². The molecule has 21 heavy (non-hydrogen) atoms. The van der Waals surface area contributed by atoms with E-state index in [0.29, 0.717) is 0 Å². The number of rotatable bonds is 0. The minimum atomic E-state index is -2.22. The smallest absolute Gasteiger partial charge is 0.259 e. The van der Waals surface area contributed by atoms with Gasteiger partial charge in [-0.3, -0.25) is 4.57 Å². The molecule has 0 saturated heterocycles. The van der Waals surface area contributed by atoms with Crippen LogP contribution in [0, 0.1) is 0 Å². The Labute approximate surface area is 126 Å². The maximum atomic E-state index is 8.02. The number of aryl methyl sites for hydroxylation is 2. The molecule has 3 nitrogen and oxygen atoms in total. The maximum Gasteiger partial charge on any atom is 0.269 e. The fourth-order valence-electron chi connectivity index (χ4n) is 3.70. The number of fused-ring (bicyclic) bond motifs is 7. The summed E-state index contributed by atoms with van der Waals surface area (Å²) in [4.78, 5) is 0. The van der Waals surface area contributed by atoms with E-state index in [2.05, 4.69) is 16.7 Å². The quantitative estimate of drug-likeness (QED) is 0.386. The Bertz CT molecular complexity index is 1130. The van der Waals surface area contributed by atoms with Gasteiger partial charge in [-0.05, 0) is 23.8 Å². The lowest BCUT2D eigenvalue weighted by Gasteiger charge is -1.98. The van der Waals surface area contributed by atoms with Crippen LogP contribution in [0.25, 0.3) is 33.5 Å². The van der Waals surface area contributed by atoms with Crippen molar-refractivity contribution in [2.45, 2.75) is 6.54 Å². The van der Waals surface area contributed by atoms with E-state index in [9.17, 15) is 0 Å². The summed E-state index contributed by atoms with van der Waals surface area (Å²) in [6, 6.07) is 16.1. The summed E-state index contributed by atoms with van der Waals surface area (Å²) in [6.45, 7) is -1.45. The number of hydrogen-bond donors (Lipinski definition) is 0. The van der Waals surface area contributed by atoms with Crippen LogP contribution in [0.5, 0.6) is 0 Å². The lowest BCUT2D eigenvalue weighted by molar-refractivity contribution is -0.636. The van der Waals surface area contributed by atoms with Crippen molar-refractivity contribution in [3.05, 3.63) is 54.1 Å². The molecule has 0 N–H and O–H groups in total. The van der Waals surface area contributed by atoms with Crippen molar-refractivity contribution >= 4 is 22.1 Å². The van der Waals surface area contributed by atoms with Gasteiger partial charge in [-0.2, -0.15) is 0 Å². The second kappa shape index (κ2) is 3.55. The molecule has 0 amide bonds. The Morgan fingerprint density at radius 2 is 1.90 bits per heavy atom. The SMILES string of the molecule is [2H]C([2H])([2H])n1c2ccccc2c2c1[n+](C)c1n2Cc2ccccc2-1. The van der Waals surface area contributed by atoms with Gasteiger partial charge in [0.15, 0.2) is 5.52 Å². The molecule has 0 aliphatic carbocycles. The average molecular weight is 277 g/mol. The predicted molar refractivity (Wildman–Crippen MR) is 84.1 cm³/mol. The highest BCUT2D eigenvalue weighted by Gasteiger charge is 2.33. The molecule has 102 valence electrons. The lowest BCUT2D eigenvalue weighted by atomic mass is 10.1. The molecule has 2 aromatic heterocycles. The van der Waals surface area contributed by atoms with Crippen LogP contribution in [0.15, 0.2) is 48.5 Å². The highest BCUT2D eigenvalue weighted by Crippen LogP contribution is 2.36. The van der Waals surface area contributed by atoms with Gasteiger partial charge in [-0.25, -0.2) is 9.13 Å². The fourth-order valence-corrected chi connectivity index (χ4v) is 3.70. The van der Waals surface area contributed by atoms with E-state index < -0.39 is 6.98 Å². The molecule has 1 aliphatic rings. The fraction of sp³-hybridized carbons (Fsp3) is 0.167. The topological polar surface area (TPSA) is 13.7 Å². The first-order valence-electron chi connectivity index (χ1n) is 8.59. The number of nitrogens with zero attached hydrogens (tertiary/aromatic N) is 3. The van der Waals surface area contributed by atoms with Gasteiger partial charge in [0.1, 0.15) is 5.52 Å². The summed E-state index contributed by atoms with van der Waals surface area (Å²) in [6.07, 6.45) is 0. The van der Waals surface area contributed by atoms with Crippen molar-refractivity contribution in [3.8, 4) is 11.4 Å². The van der Waals surface area contributed by atoms with Gasteiger partial charge in [-0.1, -0.05) is 30.3 Å². The molecular formula is C18H16N3+. The van der Waals surface area contributed by atoms with E-state index >= 15 is 0 Å². The van der Waals surface area contributed by atoms with Crippen LogP contribution in [-0.2, 0) is 20.6 Å². The largest absolute Gasteiger partial charge is 0.269 e. The van der Waals surface area contributed by atoms with E-state index in [0.717, 1.165) is 34.4 Å². The molecule has 5 rings (SSSR count). The molecule has 1 aliphatic heterocycles. The summed E-state index contributed by atoms with van der Waals surface area (Å²) in [5, 5.41) is 0.985. The molecule has 0 fully saturated rings. The van der Waals surface area contributed by atoms with Gasteiger partial charge < -0.3 is 0 Å².